The van der Waals surface area contributed by atoms with Crippen LogP contribution in [0.1, 0.15) is 0 Å². The van der Waals surface area contributed by atoms with E-state index in [9.17, 15) is 4.79 Å². The summed E-state index contributed by atoms with van der Waals surface area (Å²) < 4.78 is 10.8. The van der Waals surface area contributed by atoms with Crippen molar-refractivity contribution in [3.8, 4) is 22.8 Å². The maximum atomic E-state index is 12.5. The molecule has 0 saturated carbocycles. The fourth-order valence-corrected chi connectivity index (χ4v) is 3.52. The first kappa shape index (κ1) is 20.9. The molecule has 1 saturated heterocycles. The molecule has 31 heavy (non-hydrogen) atoms. The molecule has 1 aromatic heterocycles. The Bertz CT molecular complexity index is 1020. The van der Waals surface area contributed by atoms with E-state index in [1.54, 1.807) is 37.7 Å². The summed E-state index contributed by atoms with van der Waals surface area (Å²) in [5.41, 5.74) is 1.85. The van der Waals surface area contributed by atoms with E-state index in [0.717, 1.165) is 22.8 Å². The van der Waals surface area contributed by atoms with E-state index in [-0.39, 0.29) is 12.5 Å². The van der Waals surface area contributed by atoms with Gasteiger partial charge in [-0.15, -0.1) is 0 Å². The van der Waals surface area contributed by atoms with Crippen LogP contribution in [0.4, 0.5) is 5.82 Å². The van der Waals surface area contributed by atoms with Crippen LogP contribution in [0.15, 0.2) is 60.9 Å². The topological polar surface area (TPSA) is 67.8 Å². The highest BCUT2D eigenvalue weighted by Crippen LogP contribution is 2.24. The summed E-state index contributed by atoms with van der Waals surface area (Å²) in [6.07, 6.45) is 1.58. The zero-order chi connectivity index (χ0) is 21.6. The van der Waals surface area contributed by atoms with Crippen molar-refractivity contribution in [1.82, 2.24) is 14.9 Å². The third-order valence-corrected chi connectivity index (χ3v) is 5.42. The molecular formula is C23H23ClN4O3. The monoisotopic (exact) mass is 438 g/mol. The van der Waals surface area contributed by atoms with Crippen LogP contribution in [0.2, 0.25) is 5.02 Å². The molecule has 0 atom stereocenters. The first-order chi connectivity index (χ1) is 15.1. The van der Waals surface area contributed by atoms with Crippen molar-refractivity contribution in [2.24, 2.45) is 0 Å². The van der Waals surface area contributed by atoms with Crippen LogP contribution in [-0.4, -0.2) is 60.7 Å². The molecule has 0 bridgehead atoms. The molecule has 4 rings (SSSR count). The second-order valence-electron chi connectivity index (χ2n) is 7.10. The number of ether oxygens (including phenoxy) is 2. The molecule has 2 heterocycles. The zero-order valence-corrected chi connectivity index (χ0v) is 18.0. The number of hydrogen-bond donors (Lipinski definition) is 0. The molecule has 160 valence electrons. The lowest BCUT2D eigenvalue weighted by Crippen LogP contribution is -2.50. The SMILES string of the molecule is COc1ccc(-c2cc(N3CCN(C(=O)COc4ccc(Cl)cc4)CC3)ncn2)cc1. The van der Waals surface area contributed by atoms with Crippen LogP contribution in [0.25, 0.3) is 11.3 Å². The van der Waals surface area contributed by atoms with Crippen molar-refractivity contribution in [1.29, 1.82) is 0 Å². The Labute approximate surface area is 186 Å². The van der Waals surface area contributed by atoms with Gasteiger partial charge in [-0.3, -0.25) is 4.79 Å². The van der Waals surface area contributed by atoms with Crippen LogP contribution in [0.3, 0.4) is 0 Å². The first-order valence-corrected chi connectivity index (χ1v) is 10.4. The van der Waals surface area contributed by atoms with E-state index in [4.69, 9.17) is 21.1 Å². The van der Waals surface area contributed by atoms with Crippen LogP contribution >= 0.6 is 11.6 Å². The normalized spacial score (nSPS) is 13.7. The van der Waals surface area contributed by atoms with Gasteiger partial charge in [0.25, 0.3) is 5.91 Å². The molecule has 0 radical (unpaired) electrons. The smallest absolute Gasteiger partial charge is 0.260 e. The molecule has 1 aliphatic heterocycles. The molecule has 0 aliphatic carbocycles. The van der Waals surface area contributed by atoms with Gasteiger partial charge in [0, 0.05) is 42.8 Å². The number of hydrogen-bond acceptors (Lipinski definition) is 6. The van der Waals surface area contributed by atoms with Gasteiger partial charge in [-0.25, -0.2) is 9.97 Å². The lowest BCUT2D eigenvalue weighted by atomic mass is 10.1. The molecule has 3 aromatic rings. The van der Waals surface area contributed by atoms with Crippen molar-refractivity contribution in [3.63, 3.8) is 0 Å². The van der Waals surface area contributed by atoms with Crippen molar-refractivity contribution in [2.45, 2.75) is 0 Å². The van der Waals surface area contributed by atoms with Crippen LogP contribution in [0.5, 0.6) is 11.5 Å². The van der Waals surface area contributed by atoms with Gasteiger partial charge in [0.05, 0.1) is 12.8 Å². The summed E-state index contributed by atoms with van der Waals surface area (Å²) in [4.78, 5) is 25.3. The van der Waals surface area contributed by atoms with Gasteiger partial charge in [-0.05, 0) is 48.5 Å². The number of methoxy groups -OCH3 is 1. The number of amides is 1. The summed E-state index contributed by atoms with van der Waals surface area (Å²) in [5.74, 6) is 2.25. The van der Waals surface area contributed by atoms with E-state index in [1.165, 1.54) is 0 Å². The van der Waals surface area contributed by atoms with Crippen molar-refractivity contribution < 1.29 is 14.3 Å². The minimum absolute atomic E-state index is 0.0107. The van der Waals surface area contributed by atoms with E-state index in [0.29, 0.717) is 37.0 Å². The Morgan fingerprint density at radius 3 is 2.32 bits per heavy atom. The fourth-order valence-electron chi connectivity index (χ4n) is 3.39. The molecular weight excluding hydrogens is 416 g/mol. The lowest BCUT2D eigenvalue weighted by molar-refractivity contribution is -0.133. The van der Waals surface area contributed by atoms with E-state index < -0.39 is 0 Å². The van der Waals surface area contributed by atoms with E-state index in [1.807, 2.05) is 35.2 Å². The summed E-state index contributed by atoms with van der Waals surface area (Å²) >= 11 is 5.87. The molecule has 7 nitrogen and oxygen atoms in total. The van der Waals surface area contributed by atoms with Crippen LogP contribution < -0.4 is 14.4 Å². The Balaban J connectivity index is 1.33. The predicted octanol–water partition coefficient (Wildman–Crippen LogP) is 3.53. The molecule has 1 aliphatic rings. The Morgan fingerprint density at radius 1 is 0.968 bits per heavy atom. The summed E-state index contributed by atoms with van der Waals surface area (Å²) in [6, 6.07) is 16.7. The van der Waals surface area contributed by atoms with Gasteiger partial charge in [-0.2, -0.15) is 0 Å². The molecule has 0 unspecified atom stereocenters. The molecule has 0 spiro atoms. The number of halogens is 1. The number of nitrogens with zero attached hydrogens (tertiary/aromatic N) is 4. The van der Waals surface area contributed by atoms with E-state index in [2.05, 4.69) is 14.9 Å². The summed E-state index contributed by atoms with van der Waals surface area (Å²) in [7, 11) is 1.64. The van der Waals surface area contributed by atoms with Crippen molar-refractivity contribution in [3.05, 3.63) is 65.9 Å². The van der Waals surface area contributed by atoms with Crippen molar-refractivity contribution >= 4 is 23.3 Å². The number of benzene rings is 2. The molecule has 1 fully saturated rings. The standard InChI is InChI=1S/C23H23ClN4O3/c1-30-19-6-2-17(3-7-19)21-14-22(26-16-25-21)27-10-12-28(13-11-27)23(29)15-31-20-8-4-18(24)5-9-20/h2-9,14,16H,10-13,15H2,1H3. The number of aromatic nitrogens is 2. The molecule has 8 heteroatoms. The minimum Gasteiger partial charge on any atom is -0.497 e. The largest absolute Gasteiger partial charge is 0.497 e. The number of carbonyl (C=O) groups is 1. The quantitative estimate of drug-likeness (QED) is 0.586. The van der Waals surface area contributed by atoms with E-state index >= 15 is 0 Å². The average Bonchev–Trinajstić information content (AvgIpc) is 2.84. The molecule has 2 aromatic carbocycles. The number of piperazine rings is 1. The van der Waals surface area contributed by atoms with Gasteiger partial charge in [0.15, 0.2) is 6.61 Å². The predicted molar refractivity (Wildman–Crippen MR) is 120 cm³/mol. The Morgan fingerprint density at radius 2 is 1.65 bits per heavy atom. The molecule has 1 amide bonds. The number of rotatable bonds is 6. The van der Waals surface area contributed by atoms with Gasteiger partial charge in [0.1, 0.15) is 23.6 Å². The highest BCUT2D eigenvalue weighted by Gasteiger charge is 2.22. The number of carbonyl (C=O) groups excluding carboxylic acids is 1. The maximum absolute atomic E-state index is 12.5. The Kier molecular flexibility index (Phi) is 6.52. The second kappa shape index (κ2) is 9.66. The van der Waals surface area contributed by atoms with Crippen LogP contribution in [-0.2, 0) is 4.79 Å². The number of anilines is 1. The van der Waals surface area contributed by atoms with Gasteiger partial charge >= 0.3 is 0 Å². The Hall–Kier alpha value is -3.32. The average molecular weight is 439 g/mol. The lowest BCUT2D eigenvalue weighted by Gasteiger charge is -2.35. The summed E-state index contributed by atoms with van der Waals surface area (Å²) in [5, 5.41) is 0.634. The first-order valence-electron chi connectivity index (χ1n) is 10.00. The third-order valence-electron chi connectivity index (χ3n) is 5.17. The van der Waals surface area contributed by atoms with Gasteiger partial charge in [0.2, 0.25) is 0 Å². The molecule has 0 N–H and O–H groups in total. The highest BCUT2D eigenvalue weighted by molar-refractivity contribution is 6.30. The minimum atomic E-state index is -0.0313. The third kappa shape index (κ3) is 5.24. The highest BCUT2D eigenvalue weighted by atomic mass is 35.5. The second-order valence-corrected chi connectivity index (χ2v) is 7.54. The van der Waals surface area contributed by atoms with Gasteiger partial charge in [-0.1, -0.05) is 11.6 Å². The maximum Gasteiger partial charge on any atom is 0.260 e. The van der Waals surface area contributed by atoms with Crippen LogP contribution in [0, 0.1) is 0 Å². The zero-order valence-electron chi connectivity index (χ0n) is 17.2. The van der Waals surface area contributed by atoms with Crippen molar-refractivity contribution in [2.75, 3.05) is 44.8 Å². The fraction of sp³-hybridized carbons (Fsp3) is 0.261. The van der Waals surface area contributed by atoms with Gasteiger partial charge < -0.3 is 19.3 Å². The summed E-state index contributed by atoms with van der Waals surface area (Å²) in [6.45, 7) is 2.64.